The van der Waals surface area contributed by atoms with Crippen LogP contribution in [0, 0.1) is 0 Å². The van der Waals surface area contributed by atoms with E-state index in [9.17, 15) is 5.11 Å². The van der Waals surface area contributed by atoms with Crippen LogP contribution in [0.25, 0.3) is 0 Å². The van der Waals surface area contributed by atoms with Gasteiger partial charge in [0.15, 0.2) is 0 Å². The lowest BCUT2D eigenvalue weighted by atomic mass is 10.1. The second-order valence-electron chi connectivity index (χ2n) is 3.95. The highest BCUT2D eigenvalue weighted by atomic mass is 16.3. The first kappa shape index (κ1) is 9.64. The third-order valence-electron chi connectivity index (χ3n) is 2.67. The second-order valence-corrected chi connectivity index (χ2v) is 3.95. The fraction of sp³-hybridized carbons (Fsp3) is 0.667. The molecule has 1 aliphatic heterocycles. The van der Waals surface area contributed by atoms with Crippen LogP contribution in [-0.4, -0.2) is 50.6 Å². The first-order valence-electron chi connectivity index (χ1n) is 4.75. The van der Waals surface area contributed by atoms with Crippen LogP contribution < -0.4 is 0 Å². The van der Waals surface area contributed by atoms with Gasteiger partial charge in [-0.1, -0.05) is 0 Å². The number of β-amino-alcohol motifs (C(OH)–C–C–N with tert-alkyl or cyclic N) is 1. The average Bonchev–Trinajstić information content (AvgIpc) is 2.78. The molecular weight excluding hydrogens is 182 g/mol. The summed E-state index contributed by atoms with van der Waals surface area (Å²) in [5.74, 6) is 0. The van der Waals surface area contributed by atoms with Crippen LogP contribution in [0.1, 0.15) is 12.0 Å². The molecule has 14 heavy (non-hydrogen) atoms. The van der Waals surface area contributed by atoms with E-state index < -0.39 is 5.60 Å². The second kappa shape index (κ2) is 3.68. The normalized spacial score (nSPS) is 28.4. The molecule has 2 rings (SSSR count). The molecule has 1 atom stereocenters. The summed E-state index contributed by atoms with van der Waals surface area (Å²) in [7, 11) is 0. The molecule has 0 spiro atoms. The van der Waals surface area contributed by atoms with Crippen molar-refractivity contribution in [1.82, 2.24) is 15.1 Å². The number of likely N-dealkylation sites (tertiary alicyclic amines) is 1. The monoisotopic (exact) mass is 197 g/mol. The summed E-state index contributed by atoms with van der Waals surface area (Å²) in [6.45, 7) is 1.98. The summed E-state index contributed by atoms with van der Waals surface area (Å²) in [4.78, 5) is 2.11. The van der Waals surface area contributed by atoms with Gasteiger partial charge in [-0.2, -0.15) is 5.10 Å². The quantitative estimate of drug-likeness (QED) is 0.601. The molecule has 1 aromatic heterocycles. The molecular formula is C9H15N3O2. The molecule has 0 amide bonds. The van der Waals surface area contributed by atoms with Crippen molar-refractivity contribution in [2.24, 2.45) is 0 Å². The van der Waals surface area contributed by atoms with Crippen LogP contribution in [0.3, 0.4) is 0 Å². The molecule has 0 saturated carbocycles. The van der Waals surface area contributed by atoms with Crippen molar-refractivity contribution in [2.45, 2.75) is 18.6 Å². The minimum Gasteiger partial charge on any atom is -0.393 e. The van der Waals surface area contributed by atoms with E-state index in [0.29, 0.717) is 13.0 Å². The number of nitrogens with one attached hydrogen (secondary N) is 1. The highest BCUT2D eigenvalue weighted by molar-refractivity contribution is 5.03. The number of rotatable bonds is 3. The Bertz CT molecular complexity index is 288. The van der Waals surface area contributed by atoms with Gasteiger partial charge in [0, 0.05) is 31.4 Å². The van der Waals surface area contributed by atoms with Crippen LogP contribution >= 0.6 is 0 Å². The van der Waals surface area contributed by atoms with Crippen molar-refractivity contribution < 1.29 is 10.2 Å². The molecule has 1 unspecified atom stereocenters. The summed E-state index contributed by atoms with van der Waals surface area (Å²) in [6, 6.07) is 0. The van der Waals surface area contributed by atoms with Gasteiger partial charge in [-0.25, -0.2) is 0 Å². The van der Waals surface area contributed by atoms with E-state index in [0.717, 1.165) is 18.7 Å². The third-order valence-corrected chi connectivity index (χ3v) is 2.67. The molecule has 1 aromatic rings. The summed E-state index contributed by atoms with van der Waals surface area (Å²) >= 11 is 0. The Labute approximate surface area is 82.4 Å². The first-order chi connectivity index (χ1) is 6.72. The van der Waals surface area contributed by atoms with Gasteiger partial charge in [0.1, 0.15) is 5.60 Å². The zero-order valence-corrected chi connectivity index (χ0v) is 7.98. The maximum absolute atomic E-state index is 9.78. The fourth-order valence-electron chi connectivity index (χ4n) is 1.83. The lowest BCUT2D eigenvalue weighted by Gasteiger charge is -2.20. The molecule has 1 aliphatic rings. The van der Waals surface area contributed by atoms with Crippen LogP contribution in [0.4, 0.5) is 0 Å². The molecule has 0 radical (unpaired) electrons. The molecule has 0 aliphatic carbocycles. The van der Waals surface area contributed by atoms with Crippen LogP contribution in [0.15, 0.2) is 12.4 Å². The Hall–Kier alpha value is -0.910. The number of hydrogen-bond acceptors (Lipinski definition) is 4. The van der Waals surface area contributed by atoms with E-state index in [1.165, 1.54) is 0 Å². The zero-order chi connectivity index (χ0) is 10.0. The largest absolute Gasteiger partial charge is 0.393 e. The number of H-pyrrole nitrogens is 1. The third kappa shape index (κ3) is 1.95. The predicted molar refractivity (Wildman–Crippen MR) is 50.5 cm³/mol. The molecule has 0 aromatic carbocycles. The highest BCUT2D eigenvalue weighted by Crippen LogP contribution is 2.21. The SMILES string of the molecule is OCC1(O)CCN(Cc2cn[nH]c2)C1. The van der Waals surface area contributed by atoms with E-state index in [2.05, 4.69) is 15.1 Å². The van der Waals surface area contributed by atoms with Crippen molar-refractivity contribution in [3.63, 3.8) is 0 Å². The molecule has 2 heterocycles. The number of hydrogen-bond donors (Lipinski definition) is 3. The van der Waals surface area contributed by atoms with E-state index in [1.807, 2.05) is 6.20 Å². The minimum absolute atomic E-state index is 0.158. The molecule has 1 fully saturated rings. The molecule has 0 bridgehead atoms. The van der Waals surface area contributed by atoms with Crippen LogP contribution in [-0.2, 0) is 6.54 Å². The number of aliphatic hydroxyl groups excluding tert-OH is 1. The molecule has 3 N–H and O–H groups in total. The molecule has 78 valence electrons. The number of aromatic nitrogens is 2. The Morgan fingerprint density at radius 1 is 1.64 bits per heavy atom. The Balaban J connectivity index is 1.90. The Kier molecular flexibility index (Phi) is 2.54. The molecule has 5 heteroatoms. The Morgan fingerprint density at radius 3 is 3.07 bits per heavy atom. The van der Waals surface area contributed by atoms with Gasteiger partial charge in [-0.3, -0.25) is 10.00 Å². The van der Waals surface area contributed by atoms with Gasteiger partial charge in [0.05, 0.1) is 12.8 Å². The minimum atomic E-state index is -0.899. The van der Waals surface area contributed by atoms with Crippen molar-refractivity contribution in [1.29, 1.82) is 0 Å². The van der Waals surface area contributed by atoms with Gasteiger partial charge in [0.25, 0.3) is 0 Å². The summed E-state index contributed by atoms with van der Waals surface area (Å²) in [5, 5.41) is 25.4. The van der Waals surface area contributed by atoms with Gasteiger partial charge in [-0.15, -0.1) is 0 Å². The maximum atomic E-state index is 9.78. The van der Waals surface area contributed by atoms with E-state index in [4.69, 9.17) is 5.11 Å². The number of aromatic amines is 1. The van der Waals surface area contributed by atoms with Crippen LogP contribution in [0.5, 0.6) is 0 Å². The van der Waals surface area contributed by atoms with Crippen molar-refractivity contribution in [3.8, 4) is 0 Å². The van der Waals surface area contributed by atoms with E-state index in [1.54, 1.807) is 6.20 Å². The van der Waals surface area contributed by atoms with Crippen molar-refractivity contribution in [3.05, 3.63) is 18.0 Å². The number of aliphatic hydroxyl groups is 2. The molecule has 1 saturated heterocycles. The van der Waals surface area contributed by atoms with E-state index in [-0.39, 0.29) is 6.61 Å². The Morgan fingerprint density at radius 2 is 2.50 bits per heavy atom. The summed E-state index contributed by atoms with van der Waals surface area (Å²) < 4.78 is 0. The summed E-state index contributed by atoms with van der Waals surface area (Å²) in [6.07, 6.45) is 4.26. The van der Waals surface area contributed by atoms with Crippen LogP contribution in [0.2, 0.25) is 0 Å². The fourth-order valence-corrected chi connectivity index (χ4v) is 1.83. The standard InChI is InChI=1S/C9H15N3O2/c13-7-9(14)1-2-12(6-9)5-8-3-10-11-4-8/h3-4,13-14H,1-2,5-7H2,(H,10,11). The van der Waals surface area contributed by atoms with Gasteiger partial charge < -0.3 is 10.2 Å². The number of nitrogens with zero attached hydrogens (tertiary/aromatic N) is 2. The highest BCUT2D eigenvalue weighted by Gasteiger charge is 2.35. The van der Waals surface area contributed by atoms with Gasteiger partial charge in [-0.05, 0) is 6.42 Å². The van der Waals surface area contributed by atoms with Crippen molar-refractivity contribution in [2.75, 3.05) is 19.7 Å². The van der Waals surface area contributed by atoms with Gasteiger partial charge in [0.2, 0.25) is 0 Å². The lowest BCUT2D eigenvalue weighted by molar-refractivity contribution is -0.00580. The predicted octanol–water partition coefficient (Wildman–Crippen LogP) is -0.661. The smallest absolute Gasteiger partial charge is 0.102 e. The maximum Gasteiger partial charge on any atom is 0.102 e. The summed E-state index contributed by atoms with van der Waals surface area (Å²) in [5.41, 5.74) is 0.205. The van der Waals surface area contributed by atoms with Crippen molar-refractivity contribution >= 4 is 0 Å². The average molecular weight is 197 g/mol. The topological polar surface area (TPSA) is 72.4 Å². The molecule has 5 nitrogen and oxygen atoms in total. The van der Waals surface area contributed by atoms with E-state index >= 15 is 0 Å². The van der Waals surface area contributed by atoms with Gasteiger partial charge >= 0.3 is 0 Å². The lowest BCUT2D eigenvalue weighted by Crippen LogP contribution is -2.36. The first-order valence-corrected chi connectivity index (χ1v) is 4.75. The zero-order valence-electron chi connectivity index (χ0n) is 7.98.